The number of carbonyl (C=O) groups excluding carboxylic acids is 1. The van der Waals surface area contributed by atoms with E-state index in [1.165, 1.54) is 4.31 Å². The normalized spacial score (nSPS) is 17.8. The van der Waals surface area contributed by atoms with Crippen LogP contribution >= 0.6 is 0 Å². The van der Waals surface area contributed by atoms with Gasteiger partial charge in [-0.05, 0) is 50.1 Å². The molecule has 1 fully saturated rings. The van der Waals surface area contributed by atoms with E-state index in [1.54, 1.807) is 42.5 Å². The number of carbonyl (C=O) groups is 1. The van der Waals surface area contributed by atoms with E-state index in [9.17, 15) is 13.2 Å². The molecule has 1 saturated heterocycles. The van der Waals surface area contributed by atoms with Crippen LogP contribution in [0.3, 0.4) is 0 Å². The van der Waals surface area contributed by atoms with Crippen LogP contribution in [0.15, 0.2) is 47.4 Å². The van der Waals surface area contributed by atoms with Gasteiger partial charge in [0.05, 0.1) is 4.90 Å². The highest BCUT2D eigenvalue weighted by atomic mass is 32.2. The summed E-state index contributed by atoms with van der Waals surface area (Å²) in [6.45, 7) is 2.78. The van der Waals surface area contributed by atoms with E-state index >= 15 is 0 Å². The molecule has 2 aromatic carbocycles. The number of nitrogens with zero attached hydrogens (tertiary/aromatic N) is 1. The molecule has 2 aliphatic rings. The first-order valence-corrected chi connectivity index (χ1v) is 10.4. The fourth-order valence-corrected chi connectivity index (χ4v) is 4.97. The molecule has 0 bridgehead atoms. The third kappa shape index (κ3) is 3.44. The average Bonchev–Trinajstić information content (AvgIpc) is 3.15. The number of ketones is 1. The Morgan fingerprint density at radius 2 is 1.67 bits per heavy atom. The molecule has 0 unspecified atom stereocenters. The smallest absolute Gasteiger partial charge is 0.243 e. The molecule has 142 valence electrons. The molecular formula is C20H21NO5S. The Kier molecular flexibility index (Phi) is 4.65. The summed E-state index contributed by atoms with van der Waals surface area (Å²) in [7, 11) is -3.52. The van der Waals surface area contributed by atoms with Gasteiger partial charge in [0.25, 0.3) is 0 Å². The van der Waals surface area contributed by atoms with Gasteiger partial charge in [-0.1, -0.05) is 17.7 Å². The molecule has 6 nitrogen and oxygen atoms in total. The molecule has 0 aliphatic carbocycles. The molecule has 0 amide bonds. The molecule has 2 aromatic rings. The Hall–Kier alpha value is -2.38. The summed E-state index contributed by atoms with van der Waals surface area (Å²) >= 11 is 0. The van der Waals surface area contributed by atoms with Crippen molar-refractivity contribution in [3.05, 3.63) is 53.6 Å². The fraction of sp³-hybridized carbons (Fsp3) is 0.350. The molecule has 27 heavy (non-hydrogen) atoms. The van der Waals surface area contributed by atoms with Crippen LogP contribution in [0.2, 0.25) is 0 Å². The van der Waals surface area contributed by atoms with E-state index in [0.717, 1.165) is 5.56 Å². The maximum Gasteiger partial charge on any atom is 0.243 e. The molecule has 0 spiro atoms. The van der Waals surface area contributed by atoms with E-state index in [2.05, 4.69) is 0 Å². The largest absolute Gasteiger partial charge is 0.454 e. The van der Waals surface area contributed by atoms with Gasteiger partial charge in [0.1, 0.15) is 0 Å². The second kappa shape index (κ2) is 6.98. The minimum atomic E-state index is -3.52. The summed E-state index contributed by atoms with van der Waals surface area (Å²) in [5.74, 6) is 1.07. The maximum absolute atomic E-state index is 12.8. The maximum atomic E-state index is 12.8. The number of piperidine rings is 1. The number of rotatable bonds is 4. The van der Waals surface area contributed by atoms with Crippen LogP contribution in [0.1, 0.15) is 28.8 Å². The molecule has 0 N–H and O–H groups in total. The molecule has 2 aliphatic heterocycles. The molecule has 7 heteroatoms. The molecule has 4 rings (SSSR count). The Labute approximate surface area is 158 Å². The zero-order chi connectivity index (χ0) is 19.0. The molecule has 0 saturated carbocycles. The van der Waals surface area contributed by atoms with Gasteiger partial charge in [0.15, 0.2) is 17.3 Å². The predicted octanol–water partition coefficient (Wildman–Crippen LogP) is 3.01. The minimum Gasteiger partial charge on any atom is -0.454 e. The summed E-state index contributed by atoms with van der Waals surface area (Å²) in [6, 6.07) is 12.0. The van der Waals surface area contributed by atoms with E-state index in [0.29, 0.717) is 47.9 Å². The van der Waals surface area contributed by atoms with Gasteiger partial charge in [0, 0.05) is 24.6 Å². The number of hydrogen-bond acceptors (Lipinski definition) is 5. The van der Waals surface area contributed by atoms with Crippen molar-refractivity contribution >= 4 is 15.8 Å². The number of sulfonamides is 1. The SMILES string of the molecule is Cc1ccc(S(=O)(=O)N2CCC(C(=O)c3ccc4c(c3)OCO4)CC2)cc1. The van der Waals surface area contributed by atoms with Crippen molar-refractivity contribution in [2.24, 2.45) is 5.92 Å². The number of hydrogen-bond donors (Lipinski definition) is 0. The van der Waals surface area contributed by atoms with Gasteiger partial charge in [0.2, 0.25) is 16.8 Å². The van der Waals surface area contributed by atoms with Crippen LogP contribution in [0.4, 0.5) is 0 Å². The van der Waals surface area contributed by atoms with Gasteiger partial charge >= 0.3 is 0 Å². The molecule has 2 heterocycles. The standard InChI is InChI=1S/C20H21NO5S/c1-14-2-5-17(6-3-14)27(23,24)21-10-8-15(9-11-21)20(22)16-4-7-18-19(12-16)26-13-25-18/h2-7,12,15H,8-11,13H2,1H3. The highest BCUT2D eigenvalue weighted by Crippen LogP contribution is 2.34. The molecular weight excluding hydrogens is 366 g/mol. The second-order valence-electron chi connectivity index (χ2n) is 6.92. The highest BCUT2D eigenvalue weighted by molar-refractivity contribution is 7.89. The lowest BCUT2D eigenvalue weighted by Gasteiger charge is -2.30. The first kappa shape index (κ1) is 18.0. The van der Waals surface area contributed by atoms with E-state index in [4.69, 9.17) is 9.47 Å². The van der Waals surface area contributed by atoms with Gasteiger partial charge in [-0.2, -0.15) is 4.31 Å². The first-order valence-electron chi connectivity index (χ1n) is 8.96. The zero-order valence-electron chi connectivity index (χ0n) is 15.1. The van der Waals surface area contributed by atoms with Gasteiger partial charge in [-0.25, -0.2) is 8.42 Å². The number of aryl methyl sites for hydroxylation is 1. The lowest BCUT2D eigenvalue weighted by molar-refractivity contribution is 0.0875. The van der Waals surface area contributed by atoms with E-state index in [1.807, 2.05) is 6.92 Å². The number of benzene rings is 2. The minimum absolute atomic E-state index is 0.0284. The molecule has 0 atom stereocenters. The van der Waals surface area contributed by atoms with Crippen LogP contribution in [-0.2, 0) is 10.0 Å². The number of fused-ring (bicyclic) bond motifs is 1. The lowest BCUT2D eigenvalue weighted by atomic mass is 9.89. The van der Waals surface area contributed by atoms with Gasteiger partial charge in [-0.15, -0.1) is 0 Å². The summed E-state index contributed by atoms with van der Waals surface area (Å²) < 4.78 is 37.6. The van der Waals surface area contributed by atoms with Crippen molar-refractivity contribution in [3.63, 3.8) is 0 Å². The van der Waals surface area contributed by atoms with Crippen molar-refractivity contribution in [3.8, 4) is 11.5 Å². The summed E-state index contributed by atoms with van der Waals surface area (Å²) in [4.78, 5) is 13.1. The Bertz CT molecular complexity index is 960. The van der Waals surface area contributed by atoms with E-state index in [-0.39, 0.29) is 18.5 Å². The van der Waals surface area contributed by atoms with Crippen molar-refractivity contribution in [2.45, 2.75) is 24.7 Å². The van der Waals surface area contributed by atoms with Crippen molar-refractivity contribution in [1.82, 2.24) is 4.31 Å². The van der Waals surface area contributed by atoms with Crippen LogP contribution < -0.4 is 9.47 Å². The third-order valence-electron chi connectivity index (χ3n) is 5.14. The molecule has 0 radical (unpaired) electrons. The zero-order valence-corrected chi connectivity index (χ0v) is 15.9. The topological polar surface area (TPSA) is 72.9 Å². The van der Waals surface area contributed by atoms with Crippen molar-refractivity contribution < 1.29 is 22.7 Å². The Morgan fingerprint density at radius 1 is 1.00 bits per heavy atom. The monoisotopic (exact) mass is 387 g/mol. The number of ether oxygens (including phenoxy) is 2. The highest BCUT2D eigenvalue weighted by Gasteiger charge is 2.32. The Morgan fingerprint density at radius 3 is 2.37 bits per heavy atom. The quantitative estimate of drug-likeness (QED) is 0.754. The van der Waals surface area contributed by atoms with Crippen molar-refractivity contribution in [1.29, 1.82) is 0 Å². The second-order valence-corrected chi connectivity index (χ2v) is 8.86. The van der Waals surface area contributed by atoms with Gasteiger partial charge < -0.3 is 9.47 Å². The summed E-state index contributed by atoms with van der Waals surface area (Å²) in [5.41, 5.74) is 1.60. The van der Waals surface area contributed by atoms with Crippen molar-refractivity contribution in [2.75, 3.05) is 19.9 Å². The molecule has 0 aromatic heterocycles. The predicted molar refractivity (Wildman–Crippen MR) is 99.6 cm³/mol. The summed E-state index contributed by atoms with van der Waals surface area (Å²) in [5, 5.41) is 0. The average molecular weight is 387 g/mol. The van der Waals surface area contributed by atoms with E-state index < -0.39 is 10.0 Å². The lowest BCUT2D eigenvalue weighted by Crippen LogP contribution is -2.40. The van der Waals surface area contributed by atoms with Crippen LogP contribution in [0.25, 0.3) is 0 Å². The fourth-order valence-electron chi connectivity index (χ4n) is 3.50. The third-order valence-corrected chi connectivity index (χ3v) is 7.05. The van der Waals surface area contributed by atoms with Gasteiger partial charge in [-0.3, -0.25) is 4.79 Å². The Balaban J connectivity index is 1.44. The number of Topliss-reactive ketones (excluding diaryl/α,β-unsaturated/α-hetero) is 1. The summed E-state index contributed by atoms with van der Waals surface area (Å²) in [6.07, 6.45) is 1.02. The van der Waals surface area contributed by atoms with Crippen LogP contribution in [0, 0.1) is 12.8 Å². The van der Waals surface area contributed by atoms with Crippen LogP contribution in [-0.4, -0.2) is 38.4 Å². The van der Waals surface area contributed by atoms with Crippen LogP contribution in [0.5, 0.6) is 11.5 Å². The first-order chi connectivity index (χ1) is 12.9.